The minimum atomic E-state index is 0.0209. The van der Waals surface area contributed by atoms with Gasteiger partial charge in [-0.15, -0.1) is 0 Å². The van der Waals surface area contributed by atoms with Crippen molar-refractivity contribution in [1.82, 2.24) is 10.2 Å². The summed E-state index contributed by atoms with van der Waals surface area (Å²) in [5.74, 6) is 0.157. The van der Waals surface area contributed by atoms with E-state index in [1.165, 1.54) is 5.56 Å². The van der Waals surface area contributed by atoms with Gasteiger partial charge in [0.15, 0.2) is 0 Å². The van der Waals surface area contributed by atoms with Crippen LogP contribution in [0.15, 0.2) is 30.3 Å². The van der Waals surface area contributed by atoms with Crippen LogP contribution in [-0.2, 0) is 15.0 Å². The second-order valence-electron chi connectivity index (χ2n) is 8.47. The maximum absolute atomic E-state index is 12.4. The van der Waals surface area contributed by atoms with Gasteiger partial charge in [-0.1, -0.05) is 45.0 Å². The second kappa shape index (κ2) is 8.52. The van der Waals surface area contributed by atoms with Crippen LogP contribution < -0.4 is 5.32 Å². The van der Waals surface area contributed by atoms with Crippen molar-refractivity contribution in [2.45, 2.75) is 58.9 Å². The molecule has 1 N–H and O–H groups in total. The first kappa shape index (κ1) is 20.2. The Balaban J connectivity index is 1.87. The SMILES string of the molecule is CC(C)NC(=O)C1CCN(C(=O)/C=C/c2ccc(C(C)(C)C)cc2)CC1. The fraction of sp³-hybridized carbons (Fsp3) is 0.545. The Morgan fingerprint density at radius 1 is 1.12 bits per heavy atom. The van der Waals surface area contributed by atoms with Crippen LogP contribution in [0.2, 0.25) is 0 Å². The monoisotopic (exact) mass is 356 g/mol. The standard InChI is InChI=1S/C22H32N2O2/c1-16(2)23-21(26)18-12-14-24(15-13-18)20(25)11-8-17-6-9-19(10-7-17)22(3,4)5/h6-11,16,18H,12-15H2,1-5H3,(H,23,26)/b11-8+. The summed E-state index contributed by atoms with van der Waals surface area (Å²) in [6.45, 7) is 11.8. The molecule has 1 heterocycles. The number of hydrogen-bond acceptors (Lipinski definition) is 2. The molecule has 0 atom stereocenters. The fourth-order valence-electron chi connectivity index (χ4n) is 3.13. The van der Waals surface area contributed by atoms with Crippen LogP contribution in [0.3, 0.4) is 0 Å². The number of piperidine rings is 1. The largest absolute Gasteiger partial charge is 0.354 e. The smallest absolute Gasteiger partial charge is 0.246 e. The summed E-state index contributed by atoms with van der Waals surface area (Å²) in [5.41, 5.74) is 2.44. The van der Waals surface area contributed by atoms with Crippen LogP contribution in [0.4, 0.5) is 0 Å². The number of amides is 2. The van der Waals surface area contributed by atoms with Gasteiger partial charge in [-0.2, -0.15) is 0 Å². The van der Waals surface area contributed by atoms with Crippen molar-refractivity contribution in [1.29, 1.82) is 0 Å². The van der Waals surface area contributed by atoms with E-state index in [0.717, 1.165) is 18.4 Å². The van der Waals surface area contributed by atoms with E-state index in [2.05, 4.69) is 38.2 Å². The van der Waals surface area contributed by atoms with Gasteiger partial charge in [-0.25, -0.2) is 0 Å². The summed E-state index contributed by atoms with van der Waals surface area (Å²) < 4.78 is 0. The molecular formula is C22H32N2O2. The lowest BCUT2D eigenvalue weighted by Crippen LogP contribution is -2.43. The number of likely N-dealkylation sites (tertiary alicyclic amines) is 1. The number of carbonyl (C=O) groups excluding carboxylic acids is 2. The molecular weight excluding hydrogens is 324 g/mol. The van der Waals surface area contributed by atoms with Crippen molar-refractivity contribution in [2.24, 2.45) is 5.92 Å². The number of rotatable bonds is 4. The van der Waals surface area contributed by atoms with Crippen molar-refractivity contribution < 1.29 is 9.59 Å². The van der Waals surface area contributed by atoms with E-state index in [1.54, 1.807) is 6.08 Å². The van der Waals surface area contributed by atoms with Crippen LogP contribution in [0.5, 0.6) is 0 Å². The highest BCUT2D eigenvalue weighted by molar-refractivity contribution is 5.92. The second-order valence-corrected chi connectivity index (χ2v) is 8.47. The van der Waals surface area contributed by atoms with Gasteiger partial charge >= 0.3 is 0 Å². The molecule has 0 spiro atoms. The van der Waals surface area contributed by atoms with Crippen molar-refractivity contribution in [3.8, 4) is 0 Å². The van der Waals surface area contributed by atoms with Crippen LogP contribution in [0.1, 0.15) is 58.6 Å². The normalized spacial score (nSPS) is 16.3. The molecule has 142 valence electrons. The van der Waals surface area contributed by atoms with Crippen molar-refractivity contribution in [3.63, 3.8) is 0 Å². The number of carbonyl (C=O) groups is 2. The highest BCUT2D eigenvalue weighted by Crippen LogP contribution is 2.22. The minimum Gasteiger partial charge on any atom is -0.354 e. The van der Waals surface area contributed by atoms with E-state index >= 15 is 0 Å². The molecule has 0 unspecified atom stereocenters. The third kappa shape index (κ3) is 5.72. The molecule has 1 fully saturated rings. The lowest BCUT2D eigenvalue weighted by Gasteiger charge is -2.31. The first-order chi connectivity index (χ1) is 12.2. The summed E-state index contributed by atoms with van der Waals surface area (Å²) in [4.78, 5) is 26.3. The molecule has 0 aromatic heterocycles. The molecule has 0 aliphatic carbocycles. The Morgan fingerprint density at radius 3 is 2.19 bits per heavy atom. The lowest BCUT2D eigenvalue weighted by molar-refractivity contribution is -0.132. The summed E-state index contributed by atoms with van der Waals surface area (Å²) in [7, 11) is 0. The zero-order valence-electron chi connectivity index (χ0n) is 16.7. The van der Waals surface area contributed by atoms with Gasteiger partial charge in [0.1, 0.15) is 0 Å². The molecule has 1 aromatic rings. The molecule has 1 aliphatic heterocycles. The Labute approximate surface area is 157 Å². The van der Waals surface area contributed by atoms with Gasteiger partial charge < -0.3 is 10.2 Å². The molecule has 2 rings (SSSR count). The summed E-state index contributed by atoms with van der Waals surface area (Å²) >= 11 is 0. The van der Waals surface area contributed by atoms with Crippen LogP contribution >= 0.6 is 0 Å². The fourth-order valence-corrected chi connectivity index (χ4v) is 3.13. The molecule has 0 saturated carbocycles. The van der Waals surface area contributed by atoms with Gasteiger partial charge in [0.2, 0.25) is 11.8 Å². The van der Waals surface area contributed by atoms with Crippen molar-refractivity contribution >= 4 is 17.9 Å². The van der Waals surface area contributed by atoms with E-state index in [1.807, 2.05) is 37.0 Å². The molecule has 4 nitrogen and oxygen atoms in total. The van der Waals surface area contributed by atoms with Crippen molar-refractivity contribution in [2.75, 3.05) is 13.1 Å². The predicted octanol–water partition coefficient (Wildman–Crippen LogP) is 3.76. The van der Waals surface area contributed by atoms with Crippen LogP contribution in [0, 0.1) is 5.92 Å². The Bertz CT molecular complexity index is 646. The molecule has 4 heteroatoms. The zero-order chi connectivity index (χ0) is 19.3. The third-order valence-electron chi connectivity index (χ3n) is 4.80. The molecule has 1 saturated heterocycles. The quantitative estimate of drug-likeness (QED) is 0.835. The van der Waals surface area contributed by atoms with E-state index in [-0.39, 0.29) is 29.2 Å². The maximum atomic E-state index is 12.4. The van der Waals surface area contributed by atoms with Gasteiger partial charge in [0, 0.05) is 31.1 Å². The lowest BCUT2D eigenvalue weighted by atomic mass is 9.87. The topological polar surface area (TPSA) is 49.4 Å². The van der Waals surface area contributed by atoms with Gasteiger partial charge in [0.05, 0.1) is 0 Å². The van der Waals surface area contributed by atoms with Gasteiger partial charge in [-0.05, 0) is 49.3 Å². The number of nitrogens with one attached hydrogen (secondary N) is 1. The zero-order valence-corrected chi connectivity index (χ0v) is 16.7. The molecule has 1 aliphatic rings. The van der Waals surface area contributed by atoms with Crippen LogP contribution in [-0.4, -0.2) is 35.8 Å². The summed E-state index contributed by atoms with van der Waals surface area (Å²) in [6.07, 6.45) is 4.98. The number of benzene rings is 1. The third-order valence-corrected chi connectivity index (χ3v) is 4.80. The van der Waals surface area contributed by atoms with Gasteiger partial charge in [-0.3, -0.25) is 9.59 Å². The highest BCUT2D eigenvalue weighted by atomic mass is 16.2. The summed E-state index contributed by atoms with van der Waals surface area (Å²) in [5, 5.41) is 2.96. The summed E-state index contributed by atoms with van der Waals surface area (Å²) in [6, 6.07) is 8.49. The van der Waals surface area contributed by atoms with Crippen LogP contribution in [0.25, 0.3) is 6.08 Å². The Kier molecular flexibility index (Phi) is 6.63. The Morgan fingerprint density at radius 2 is 1.69 bits per heavy atom. The van der Waals surface area contributed by atoms with E-state index in [0.29, 0.717) is 13.1 Å². The Hall–Kier alpha value is -2.10. The first-order valence-corrected chi connectivity index (χ1v) is 9.54. The molecule has 2 amide bonds. The van der Waals surface area contributed by atoms with Crippen molar-refractivity contribution in [3.05, 3.63) is 41.5 Å². The molecule has 1 aromatic carbocycles. The highest BCUT2D eigenvalue weighted by Gasteiger charge is 2.26. The number of nitrogens with zero attached hydrogens (tertiary/aromatic N) is 1. The van der Waals surface area contributed by atoms with E-state index in [9.17, 15) is 9.59 Å². The van der Waals surface area contributed by atoms with Gasteiger partial charge in [0.25, 0.3) is 0 Å². The van der Waals surface area contributed by atoms with E-state index in [4.69, 9.17) is 0 Å². The predicted molar refractivity (Wildman–Crippen MR) is 107 cm³/mol. The average Bonchev–Trinajstić information content (AvgIpc) is 2.59. The molecule has 26 heavy (non-hydrogen) atoms. The molecule has 0 radical (unpaired) electrons. The average molecular weight is 357 g/mol. The molecule has 0 bridgehead atoms. The first-order valence-electron chi connectivity index (χ1n) is 9.54. The van der Waals surface area contributed by atoms with E-state index < -0.39 is 0 Å². The minimum absolute atomic E-state index is 0.0209. The maximum Gasteiger partial charge on any atom is 0.246 e. The number of hydrogen-bond donors (Lipinski definition) is 1.